The van der Waals surface area contributed by atoms with Crippen LogP contribution in [0.4, 0.5) is 26.3 Å². The lowest BCUT2D eigenvalue weighted by Gasteiger charge is -2.45. The molecule has 3 aromatic rings. The second-order valence-corrected chi connectivity index (χ2v) is 14.3. The highest BCUT2D eigenvalue weighted by atomic mass is 19.4. The van der Waals surface area contributed by atoms with Crippen LogP contribution in [0.1, 0.15) is 54.4 Å². The third kappa shape index (κ3) is 8.24. The minimum absolute atomic E-state index is 0.00267. The van der Waals surface area contributed by atoms with Gasteiger partial charge in [-0.05, 0) is 85.1 Å². The maximum absolute atomic E-state index is 14.7. The lowest BCUT2D eigenvalue weighted by Crippen LogP contribution is -2.63. The summed E-state index contributed by atoms with van der Waals surface area (Å²) in [5.41, 5.74) is 2.54. The van der Waals surface area contributed by atoms with Gasteiger partial charge in [-0.2, -0.15) is 17.6 Å². The summed E-state index contributed by atoms with van der Waals surface area (Å²) in [6.07, 6.45) is -2.09. The number of aliphatic hydroxyl groups is 1. The van der Waals surface area contributed by atoms with E-state index >= 15 is 0 Å². The van der Waals surface area contributed by atoms with Crippen molar-refractivity contribution in [2.24, 2.45) is 0 Å². The van der Waals surface area contributed by atoms with E-state index in [4.69, 9.17) is 4.74 Å². The second kappa shape index (κ2) is 15.2. The molecule has 3 aromatic carbocycles. The van der Waals surface area contributed by atoms with E-state index in [2.05, 4.69) is 10.6 Å². The molecule has 0 spiro atoms. The molecule has 0 aromatic heterocycles. The number of piperazine rings is 1. The zero-order valence-electron chi connectivity index (χ0n) is 28.8. The minimum atomic E-state index is -4.53. The molecule has 3 fully saturated rings. The molecule has 53 heavy (non-hydrogen) atoms. The lowest BCUT2D eigenvalue weighted by molar-refractivity contribution is -0.137. The Balaban J connectivity index is 1.14. The van der Waals surface area contributed by atoms with E-state index in [1.165, 1.54) is 6.07 Å². The molecule has 7 rings (SSSR count). The van der Waals surface area contributed by atoms with Gasteiger partial charge in [-0.1, -0.05) is 36.4 Å². The van der Waals surface area contributed by atoms with Crippen LogP contribution < -0.4 is 15.4 Å². The molecule has 14 heteroatoms. The van der Waals surface area contributed by atoms with Crippen LogP contribution in [0.5, 0.6) is 5.75 Å². The molecule has 0 radical (unpaired) electrons. The van der Waals surface area contributed by atoms with E-state index in [1.54, 1.807) is 15.9 Å². The number of hydrogen-bond acceptors (Lipinski definition) is 6. The second-order valence-electron chi connectivity index (χ2n) is 14.3. The topological polar surface area (TPSA) is 94.1 Å². The number of ether oxygens (including phenoxy) is 1. The molecular formula is C39H40F6N4O4. The van der Waals surface area contributed by atoms with Gasteiger partial charge in [-0.25, -0.2) is 8.78 Å². The van der Waals surface area contributed by atoms with Crippen LogP contribution in [0.25, 0.3) is 5.57 Å². The monoisotopic (exact) mass is 742 g/mol. The molecule has 1 aliphatic carbocycles. The average molecular weight is 743 g/mol. The van der Waals surface area contributed by atoms with Gasteiger partial charge in [0.05, 0.1) is 30.4 Å². The standard InChI is InChI=1S/C39H40F6N4O4/c40-30-12-13-31(41)36(35(30)42)53-14-2-4-22-6-8-24(9-7-22)29-16-26-20-48(37(51)32-17-28(50)18-46-32)21-33(47-26)34(29)38(52)49(27-10-11-27)19-23-3-1-5-25(15-23)39(43,44)45/h1,3,5-9,12-13,15,26-28,32-33,46-47,50H,2,4,10-11,14,16-21H2/t26-,28+,32?,33+/m0/s1. The quantitative estimate of drug-likeness (QED) is 0.139. The minimum Gasteiger partial charge on any atom is -0.488 e. The summed E-state index contributed by atoms with van der Waals surface area (Å²) in [6, 6.07) is 12.7. The van der Waals surface area contributed by atoms with Crippen LogP contribution in [-0.2, 0) is 28.7 Å². The largest absolute Gasteiger partial charge is 0.488 e. The van der Waals surface area contributed by atoms with Gasteiger partial charge in [0.15, 0.2) is 17.4 Å². The van der Waals surface area contributed by atoms with Crippen molar-refractivity contribution < 1.29 is 45.8 Å². The fourth-order valence-electron chi connectivity index (χ4n) is 7.59. The molecule has 1 saturated carbocycles. The first-order chi connectivity index (χ1) is 25.4. The third-order valence-corrected chi connectivity index (χ3v) is 10.4. The number of rotatable bonds is 11. The highest BCUT2D eigenvalue weighted by Crippen LogP contribution is 2.38. The van der Waals surface area contributed by atoms with Gasteiger partial charge in [-0.3, -0.25) is 9.59 Å². The van der Waals surface area contributed by atoms with E-state index in [0.29, 0.717) is 56.0 Å². The number of carbonyl (C=O) groups excluding carboxylic acids is 2. The predicted octanol–water partition coefficient (Wildman–Crippen LogP) is 5.37. The molecule has 2 bridgehead atoms. The van der Waals surface area contributed by atoms with E-state index in [9.17, 15) is 41.0 Å². The maximum Gasteiger partial charge on any atom is 0.416 e. The predicted molar refractivity (Wildman–Crippen MR) is 183 cm³/mol. The third-order valence-electron chi connectivity index (χ3n) is 10.4. The molecule has 3 heterocycles. The van der Waals surface area contributed by atoms with E-state index in [-0.39, 0.29) is 43.6 Å². The summed E-state index contributed by atoms with van der Waals surface area (Å²) >= 11 is 0. The lowest BCUT2D eigenvalue weighted by atomic mass is 9.82. The zero-order chi connectivity index (χ0) is 37.4. The molecule has 3 N–H and O–H groups in total. The molecule has 2 saturated heterocycles. The number of β-amino-alcohol motifs (C(OH)–C–C–N with tert-alkyl or cyclic N) is 1. The van der Waals surface area contributed by atoms with E-state index in [1.807, 2.05) is 24.3 Å². The van der Waals surface area contributed by atoms with Gasteiger partial charge in [-0.15, -0.1) is 0 Å². The number of alkyl halides is 3. The van der Waals surface area contributed by atoms with Crippen molar-refractivity contribution in [1.82, 2.24) is 20.4 Å². The van der Waals surface area contributed by atoms with Crippen LogP contribution >= 0.6 is 0 Å². The number of halogens is 6. The highest BCUT2D eigenvalue weighted by molar-refractivity contribution is 6.03. The first-order valence-electron chi connectivity index (χ1n) is 17.9. The van der Waals surface area contributed by atoms with Crippen LogP contribution in [0.15, 0.2) is 66.2 Å². The number of aliphatic hydroxyl groups excluding tert-OH is 1. The number of hydrogen-bond donors (Lipinski definition) is 3. The first-order valence-corrected chi connectivity index (χ1v) is 17.9. The summed E-state index contributed by atoms with van der Waals surface area (Å²) in [5.74, 6) is -4.77. The summed E-state index contributed by atoms with van der Waals surface area (Å²) < 4.78 is 87.4. The number of nitrogens with one attached hydrogen (secondary N) is 2. The Kier molecular flexibility index (Phi) is 10.6. The van der Waals surface area contributed by atoms with Crippen molar-refractivity contribution in [2.45, 2.75) is 81.5 Å². The number of aryl methyl sites for hydroxylation is 1. The Hall–Kier alpha value is -4.40. The summed E-state index contributed by atoms with van der Waals surface area (Å²) in [5, 5.41) is 16.6. The maximum atomic E-state index is 14.7. The Bertz CT molecular complexity index is 1880. The van der Waals surface area contributed by atoms with Crippen molar-refractivity contribution in [3.63, 3.8) is 0 Å². The van der Waals surface area contributed by atoms with Crippen LogP contribution in [0.3, 0.4) is 0 Å². The fraction of sp³-hybridized carbons (Fsp3) is 0.436. The number of carbonyl (C=O) groups is 2. The molecule has 8 nitrogen and oxygen atoms in total. The van der Waals surface area contributed by atoms with Crippen LogP contribution in [-0.4, -0.2) is 83.2 Å². The van der Waals surface area contributed by atoms with Crippen LogP contribution in [0.2, 0.25) is 0 Å². The fourth-order valence-corrected chi connectivity index (χ4v) is 7.59. The summed E-state index contributed by atoms with van der Waals surface area (Å²) in [7, 11) is 0. The molecule has 4 aliphatic rings. The average Bonchev–Trinajstić information content (AvgIpc) is 3.89. The normalized spacial score (nSPS) is 23.0. The van der Waals surface area contributed by atoms with Crippen molar-refractivity contribution in [2.75, 3.05) is 26.2 Å². The molecule has 2 amide bonds. The number of benzene rings is 3. The highest BCUT2D eigenvalue weighted by Gasteiger charge is 2.45. The molecule has 1 unspecified atom stereocenters. The van der Waals surface area contributed by atoms with Gasteiger partial charge in [0.25, 0.3) is 5.91 Å². The van der Waals surface area contributed by atoms with Gasteiger partial charge >= 0.3 is 6.18 Å². The Morgan fingerprint density at radius 1 is 0.962 bits per heavy atom. The van der Waals surface area contributed by atoms with Crippen molar-refractivity contribution in [3.05, 3.63) is 106 Å². The molecular weight excluding hydrogens is 702 g/mol. The molecule has 4 atom stereocenters. The SMILES string of the molecule is O=C(C1C[C@@H](O)CN1)N1C[C@@H]2CC(c3ccc(CCCOc4c(F)ccc(F)c4F)cc3)=C(C(=O)N(Cc3cccc(C(F)(F)F)c3)C3CC3)[C@@H](C1)N2. The van der Waals surface area contributed by atoms with Crippen molar-refractivity contribution in [3.8, 4) is 5.75 Å². The Labute approximate surface area is 302 Å². The summed E-state index contributed by atoms with van der Waals surface area (Å²) in [4.78, 5) is 31.6. The van der Waals surface area contributed by atoms with Gasteiger partial charge in [0.1, 0.15) is 0 Å². The first kappa shape index (κ1) is 36.9. The number of amides is 2. The van der Waals surface area contributed by atoms with Gasteiger partial charge in [0.2, 0.25) is 11.7 Å². The van der Waals surface area contributed by atoms with Crippen molar-refractivity contribution >= 4 is 17.4 Å². The van der Waals surface area contributed by atoms with E-state index in [0.717, 1.165) is 47.7 Å². The molecule has 282 valence electrons. The zero-order valence-corrected chi connectivity index (χ0v) is 28.8. The Morgan fingerprint density at radius 3 is 2.42 bits per heavy atom. The molecule has 3 aliphatic heterocycles. The van der Waals surface area contributed by atoms with E-state index < -0.39 is 53.1 Å². The smallest absolute Gasteiger partial charge is 0.416 e. The number of fused-ring (bicyclic) bond motifs is 2. The number of nitrogens with zero attached hydrogens (tertiary/aromatic N) is 2. The van der Waals surface area contributed by atoms with Gasteiger partial charge < -0.3 is 30.3 Å². The van der Waals surface area contributed by atoms with Gasteiger partial charge in [0, 0.05) is 43.8 Å². The van der Waals surface area contributed by atoms with Crippen LogP contribution in [0, 0.1) is 17.5 Å². The summed E-state index contributed by atoms with van der Waals surface area (Å²) in [6.45, 7) is 0.876. The van der Waals surface area contributed by atoms with Crippen molar-refractivity contribution in [1.29, 1.82) is 0 Å². The Morgan fingerprint density at radius 2 is 1.72 bits per heavy atom.